The second-order valence-electron chi connectivity index (χ2n) is 7.55. The molecule has 0 amide bonds. The van der Waals surface area contributed by atoms with Crippen LogP contribution in [0.4, 0.5) is 0 Å². The molecule has 4 nitrogen and oxygen atoms in total. The molecule has 0 aromatic rings. The van der Waals surface area contributed by atoms with Crippen LogP contribution in [-0.2, 0) is 9.53 Å². The van der Waals surface area contributed by atoms with E-state index in [1.54, 1.807) is 0 Å². The van der Waals surface area contributed by atoms with Crippen LogP contribution in [0.2, 0.25) is 0 Å². The third kappa shape index (κ3) is 6.59. The first-order valence-corrected chi connectivity index (χ1v) is 9.96. The molecular weight excluding hydrogens is 316 g/mol. The van der Waals surface area contributed by atoms with Gasteiger partial charge < -0.3 is 14.9 Å². The van der Waals surface area contributed by atoms with Crippen molar-refractivity contribution < 1.29 is 19.7 Å². The third-order valence-corrected chi connectivity index (χ3v) is 5.58. The Kier molecular flexibility index (Phi) is 8.70. The quantitative estimate of drug-likeness (QED) is 0.406. The highest BCUT2D eigenvalue weighted by atomic mass is 16.5. The zero-order valence-corrected chi connectivity index (χ0v) is 15.5. The Balaban J connectivity index is 1.78. The van der Waals surface area contributed by atoms with Crippen LogP contribution in [0, 0.1) is 17.8 Å². The molecule has 142 valence electrons. The lowest BCUT2D eigenvalue weighted by Crippen LogP contribution is -2.27. The molecule has 2 aliphatic rings. The molecule has 1 aliphatic heterocycles. The van der Waals surface area contributed by atoms with Gasteiger partial charge in [0.25, 0.3) is 0 Å². The molecule has 2 rings (SSSR count). The lowest BCUT2D eigenvalue weighted by atomic mass is 9.84. The van der Waals surface area contributed by atoms with Gasteiger partial charge in [-0.2, -0.15) is 0 Å². The second kappa shape index (κ2) is 10.8. The molecule has 2 N–H and O–H groups in total. The zero-order valence-electron chi connectivity index (χ0n) is 15.5. The van der Waals surface area contributed by atoms with Gasteiger partial charge in [-0.25, -0.2) is 0 Å². The number of ether oxygens (including phenoxy) is 1. The number of allylic oxidation sites excluding steroid dienone is 2. The van der Waals surface area contributed by atoms with Crippen LogP contribution in [0.1, 0.15) is 64.7 Å². The summed E-state index contributed by atoms with van der Waals surface area (Å²) in [6.45, 7) is 3.04. The Morgan fingerprint density at radius 3 is 2.88 bits per heavy atom. The maximum absolute atomic E-state index is 10.5. The fourth-order valence-electron chi connectivity index (χ4n) is 4.15. The Bertz CT molecular complexity index is 457. The average molecular weight is 350 g/mol. The monoisotopic (exact) mass is 350 g/mol. The topological polar surface area (TPSA) is 66.8 Å². The highest BCUT2D eigenvalue weighted by molar-refractivity contribution is 5.66. The van der Waals surface area contributed by atoms with Gasteiger partial charge in [-0.1, -0.05) is 50.5 Å². The van der Waals surface area contributed by atoms with E-state index in [2.05, 4.69) is 25.2 Å². The molecule has 0 aromatic heterocycles. The van der Waals surface area contributed by atoms with Crippen molar-refractivity contribution in [3.63, 3.8) is 0 Å². The van der Waals surface area contributed by atoms with E-state index < -0.39 is 5.97 Å². The summed E-state index contributed by atoms with van der Waals surface area (Å²) >= 11 is 0. The summed E-state index contributed by atoms with van der Waals surface area (Å²) in [5, 5.41) is 18.8. The summed E-state index contributed by atoms with van der Waals surface area (Å²) in [4.78, 5) is 10.5. The van der Waals surface area contributed by atoms with Gasteiger partial charge in [-0.15, -0.1) is 0 Å². The van der Waals surface area contributed by atoms with E-state index in [0.29, 0.717) is 30.3 Å². The smallest absolute Gasteiger partial charge is 0.303 e. The first-order chi connectivity index (χ1) is 12.1. The molecule has 2 unspecified atom stereocenters. The van der Waals surface area contributed by atoms with Gasteiger partial charge in [0.2, 0.25) is 0 Å². The van der Waals surface area contributed by atoms with Gasteiger partial charge in [0, 0.05) is 12.3 Å². The number of aliphatic carboxylic acids is 1. The molecule has 2 bridgehead atoms. The van der Waals surface area contributed by atoms with Gasteiger partial charge >= 0.3 is 5.97 Å². The number of rotatable bonds is 12. The van der Waals surface area contributed by atoms with Crippen LogP contribution in [0.15, 0.2) is 24.3 Å². The largest absolute Gasteiger partial charge is 0.481 e. The normalized spacial score (nSPS) is 29.8. The number of hydrogen-bond donors (Lipinski definition) is 2. The lowest BCUT2D eigenvalue weighted by molar-refractivity contribution is -0.137. The number of aliphatic hydroxyl groups excluding tert-OH is 1. The zero-order chi connectivity index (χ0) is 18.1. The molecule has 5 atom stereocenters. The van der Waals surface area contributed by atoms with Crippen LogP contribution in [-0.4, -0.2) is 35.0 Å². The average Bonchev–Trinajstić information content (AvgIpc) is 3.17. The van der Waals surface area contributed by atoms with Crippen molar-refractivity contribution in [1.82, 2.24) is 0 Å². The molecule has 0 spiro atoms. The summed E-state index contributed by atoms with van der Waals surface area (Å²) in [5.74, 6) is 0.902. The summed E-state index contributed by atoms with van der Waals surface area (Å²) in [6, 6.07) is 0. The Hall–Kier alpha value is -1.13. The first-order valence-electron chi connectivity index (χ1n) is 9.96. The highest BCUT2D eigenvalue weighted by Gasteiger charge is 2.46. The van der Waals surface area contributed by atoms with E-state index in [1.807, 2.05) is 6.08 Å². The van der Waals surface area contributed by atoms with E-state index in [1.165, 1.54) is 12.8 Å². The Labute approximate surface area is 152 Å². The molecule has 1 heterocycles. The number of aliphatic hydroxyl groups is 1. The van der Waals surface area contributed by atoms with E-state index >= 15 is 0 Å². The lowest BCUT2D eigenvalue weighted by Gasteiger charge is -2.28. The molecule has 1 aliphatic carbocycles. The van der Waals surface area contributed by atoms with E-state index in [-0.39, 0.29) is 12.5 Å². The molecule has 2 fully saturated rings. The highest BCUT2D eigenvalue weighted by Crippen LogP contribution is 2.47. The van der Waals surface area contributed by atoms with Crippen molar-refractivity contribution in [2.45, 2.75) is 76.9 Å². The van der Waals surface area contributed by atoms with Crippen molar-refractivity contribution in [3.8, 4) is 0 Å². The molecule has 1 saturated heterocycles. The fraction of sp³-hybridized carbons (Fsp3) is 0.762. The summed E-state index contributed by atoms with van der Waals surface area (Å²) in [5.41, 5.74) is 0. The predicted octanol–water partition coefficient (Wildman–Crippen LogP) is 4.34. The van der Waals surface area contributed by atoms with Crippen molar-refractivity contribution in [3.05, 3.63) is 24.3 Å². The second-order valence-corrected chi connectivity index (χ2v) is 7.55. The number of hydrogen-bond acceptors (Lipinski definition) is 3. The maximum atomic E-state index is 10.5. The maximum Gasteiger partial charge on any atom is 0.303 e. The van der Waals surface area contributed by atoms with Crippen LogP contribution < -0.4 is 0 Å². The minimum Gasteiger partial charge on any atom is -0.481 e. The molecule has 1 saturated carbocycles. The summed E-state index contributed by atoms with van der Waals surface area (Å²) in [6.07, 6.45) is 16.7. The van der Waals surface area contributed by atoms with Crippen molar-refractivity contribution in [2.24, 2.45) is 17.8 Å². The van der Waals surface area contributed by atoms with Gasteiger partial charge in [0.05, 0.1) is 18.8 Å². The van der Waals surface area contributed by atoms with Gasteiger partial charge in [-0.3, -0.25) is 4.79 Å². The van der Waals surface area contributed by atoms with Gasteiger partial charge in [0.15, 0.2) is 0 Å². The van der Waals surface area contributed by atoms with Crippen molar-refractivity contribution in [1.29, 1.82) is 0 Å². The van der Waals surface area contributed by atoms with E-state index in [4.69, 9.17) is 9.84 Å². The standard InChI is InChI=1S/C21H34O4/c1-2-3-6-9-17(22)12-13-19-18(16-14-20(19)25-15-16)10-7-4-5-8-11-21(23)24/h4,7,12-13,16-20,22H,2-3,5-6,8-11,14-15H2,1H3,(H,23,24)/b7-4-,13-12+/t16?,17-,18-,19+,20?/m0/s1. The van der Waals surface area contributed by atoms with Crippen LogP contribution in [0.5, 0.6) is 0 Å². The SMILES string of the molecule is CCCCC[C@H](O)/C=C/[C@H]1C2CC(CO2)[C@@H]1C/C=C\CCCC(=O)O. The Morgan fingerprint density at radius 1 is 1.28 bits per heavy atom. The van der Waals surface area contributed by atoms with Crippen LogP contribution >= 0.6 is 0 Å². The van der Waals surface area contributed by atoms with Crippen molar-refractivity contribution >= 4 is 5.97 Å². The minimum atomic E-state index is -0.721. The fourth-order valence-corrected chi connectivity index (χ4v) is 4.15. The van der Waals surface area contributed by atoms with Crippen LogP contribution in [0.3, 0.4) is 0 Å². The number of unbranched alkanes of at least 4 members (excludes halogenated alkanes) is 3. The van der Waals surface area contributed by atoms with Crippen molar-refractivity contribution in [2.75, 3.05) is 6.61 Å². The van der Waals surface area contributed by atoms with Gasteiger partial charge in [0.1, 0.15) is 0 Å². The van der Waals surface area contributed by atoms with Crippen LogP contribution in [0.25, 0.3) is 0 Å². The first kappa shape index (κ1) is 20.2. The number of carbonyl (C=O) groups is 1. The van der Waals surface area contributed by atoms with E-state index in [0.717, 1.165) is 38.7 Å². The number of carboxylic acid groups (broad SMARTS) is 1. The molecule has 0 radical (unpaired) electrons. The Morgan fingerprint density at radius 2 is 2.12 bits per heavy atom. The molecule has 25 heavy (non-hydrogen) atoms. The molecular formula is C21H34O4. The number of fused-ring (bicyclic) bond motifs is 2. The number of carboxylic acids is 1. The summed E-state index contributed by atoms with van der Waals surface area (Å²) in [7, 11) is 0. The predicted molar refractivity (Wildman–Crippen MR) is 99.4 cm³/mol. The van der Waals surface area contributed by atoms with Gasteiger partial charge in [-0.05, 0) is 43.9 Å². The molecule has 4 heteroatoms. The summed E-state index contributed by atoms with van der Waals surface area (Å²) < 4.78 is 5.87. The minimum absolute atomic E-state index is 0.244. The third-order valence-electron chi connectivity index (χ3n) is 5.58. The van der Waals surface area contributed by atoms with E-state index in [9.17, 15) is 9.90 Å². The molecule has 0 aromatic carbocycles.